The molecule has 8 heteroatoms. The van der Waals surface area contributed by atoms with E-state index < -0.39 is 0 Å². The summed E-state index contributed by atoms with van der Waals surface area (Å²) in [5.74, 6) is 0.315. The van der Waals surface area contributed by atoms with Crippen molar-refractivity contribution < 1.29 is 4.79 Å². The summed E-state index contributed by atoms with van der Waals surface area (Å²) in [6.45, 7) is 1.34. The van der Waals surface area contributed by atoms with Gasteiger partial charge in [-0.3, -0.25) is 9.59 Å². The van der Waals surface area contributed by atoms with Crippen LogP contribution in [0.5, 0.6) is 0 Å². The number of nitrogens with one attached hydrogen (secondary N) is 2. The minimum absolute atomic E-state index is 0.0274. The molecule has 3 aromatic rings. The Hall–Kier alpha value is -3.16. The van der Waals surface area contributed by atoms with Gasteiger partial charge in [-0.25, -0.2) is 9.97 Å². The Bertz CT molecular complexity index is 1010. The van der Waals surface area contributed by atoms with E-state index in [0.717, 1.165) is 30.4 Å². The molecule has 0 spiro atoms. The van der Waals surface area contributed by atoms with Crippen LogP contribution in [0.1, 0.15) is 23.2 Å². The molecule has 2 aromatic heterocycles. The number of fused-ring (bicyclic) bond motifs is 1. The number of aryl methyl sites for hydroxylation is 1. The molecule has 0 bridgehead atoms. The van der Waals surface area contributed by atoms with Gasteiger partial charge in [-0.1, -0.05) is 0 Å². The van der Waals surface area contributed by atoms with E-state index in [4.69, 9.17) is 0 Å². The van der Waals surface area contributed by atoms with Crippen molar-refractivity contribution in [1.29, 1.82) is 0 Å². The van der Waals surface area contributed by atoms with E-state index in [9.17, 15) is 9.59 Å². The lowest BCUT2D eigenvalue weighted by atomic mass is 10.0. The fraction of sp³-hybridized carbons (Fsp3) is 0.333. The van der Waals surface area contributed by atoms with Crippen molar-refractivity contribution in [2.24, 2.45) is 7.05 Å². The lowest BCUT2D eigenvalue weighted by Crippen LogP contribution is -2.49. The summed E-state index contributed by atoms with van der Waals surface area (Å²) in [7, 11) is 1.71. The zero-order chi connectivity index (χ0) is 18.1. The number of anilines is 1. The third-order valence-electron chi connectivity index (χ3n) is 4.74. The molecule has 26 heavy (non-hydrogen) atoms. The molecule has 3 heterocycles. The van der Waals surface area contributed by atoms with Gasteiger partial charge in [-0.15, -0.1) is 0 Å². The maximum atomic E-state index is 12.6. The van der Waals surface area contributed by atoms with Crippen molar-refractivity contribution in [3.05, 3.63) is 52.8 Å². The minimum Gasteiger partial charge on any atom is -0.350 e. The molecule has 134 valence electrons. The predicted octanol–water partition coefficient (Wildman–Crippen LogP) is 1.06. The summed E-state index contributed by atoms with van der Waals surface area (Å²) in [5, 5.41) is 3.07. The number of carbonyl (C=O) groups is 1. The topological polar surface area (TPSA) is 95.9 Å². The molecule has 1 fully saturated rings. The normalized spacial score (nSPS) is 17.4. The van der Waals surface area contributed by atoms with Crippen LogP contribution in [0.15, 0.2) is 41.7 Å². The second-order valence-electron chi connectivity index (χ2n) is 6.56. The molecule has 1 aromatic carbocycles. The summed E-state index contributed by atoms with van der Waals surface area (Å²) in [4.78, 5) is 38.2. The van der Waals surface area contributed by atoms with E-state index in [2.05, 4.69) is 20.3 Å². The highest BCUT2D eigenvalue weighted by molar-refractivity contribution is 5.97. The van der Waals surface area contributed by atoms with Crippen LogP contribution in [-0.4, -0.2) is 44.6 Å². The van der Waals surface area contributed by atoms with E-state index in [1.807, 2.05) is 11.0 Å². The minimum atomic E-state index is -0.123. The fourth-order valence-corrected chi connectivity index (χ4v) is 3.33. The number of aromatic nitrogens is 4. The van der Waals surface area contributed by atoms with Crippen LogP contribution in [-0.2, 0) is 7.05 Å². The number of H-pyrrole nitrogens is 1. The number of aromatic amines is 1. The molecule has 4 rings (SSSR count). The molecule has 0 unspecified atom stereocenters. The quantitative estimate of drug-likeness (QED) is 0.735. The third-order valence-corrected chi connectivity index (χ3v) is 4.74. The SMILES string of the molecule is Cn1ccnc(N2CCC[C@@H](NC(=O)c3ccc4nc[nH]c4c3)C2)c1=O. The molecule has 0 saturated carbocycles. The van der Waals surface area contributed by atoms with Gasteiger partial charge in [-0.05, 0) is 31.0 Å². The Kier molecular flexibility index (Phi) is 4.16. The number of benzene rings is 1. The number of nitrogens with zero attached hydrogens (tertiary/aromatic N) is 4. The number of rotatable bonds is 3. The van der Waals surface area contributed by atoms with Crippen molar-refractivity contribution in [2.45, 2.75) is 18.9 Å². The Balaban J connectivity index is 1.48. The molecule has 1 atom stereocenters. The zero-order valence-corrected chi connectivity index (χ0v) is 14.5. The van der Waals surface area contributed by atoms with Gasteiger partial charge in [-0.2, -0.15) is 0 Å². The fourth-order valence-electron chi connectivity index (χ4n) is 3.33. The first-order valence-electron chi connectivity index (χ1n) is 8.62. The van der Waals surface area contributed by atoms with Crippen molar-refractivity contribution >= 4 is 22.8 Å². The largest absolute Gasteiger partial charge is 0.350 e. The predicted molar refractivity (Wildman–Crippen MR) is 98.3 cm³/mol. The highest BCUT2D eigenvalue weighted by Gasteiger charge is 2.24. The molecule has 0 radical (unpaired) electrons. The van der Waals surface area contributed by atoms with Gasteiger partial charge in [0.1, 0.15) is 0 Å². The van der Waals surface area contributed by atoms with Gasteiger partial charge in [0.2, 0.25) is 0 Å². The van der Waals surface area contributed by atoms with E-state index in [1.165, 1.54) is 4.57 Å². The zero-order valence-electron chi connectivity index (χ0n) is 14.5. The molecule has 1 aliphatic heterocycles. The lowest BCUT2D eigenvalue weighted by Gasteiger charge is -2.33. The van der Waals surface area contributed by atoms with Crippen LogP contribution >= 0.6 is 0 Å². The van der Waals surface area contributed by atoms with Crippen LogP contribution in [0, 0.1) is 0 Å². The second-order valence-corrected chi connectivity index (χ2v) is 6.56. The lowest BCUT2D eigenvalue weighted by molar-refractivity contribution is 0.0933. The van der Waals surface area contributed by atoms with Crippen LogP contribution in [0.3, 0.4) is 0 Å². The van der Waals surface area contributed by atoms with Gasteiger partial charge in [0.15, 0.2) is 5.82 Å². The van der Waals surface area contributed by atoms with Crippen LogP contribution in [0.2, 0.25) is 0 Å². The number of imidazole rings is 1. The maximum Gasteiger partial charge on any atom is 0.293 e. The van der Waals surface area contributed by atoms with E-state index in [-0.39, 0.29) is 17.5 Å². The highest BCUT2D eigenvalue weighted by Crippen LogP contribution is 2.16. The van der Waals surface area contributed by atoms with E-state index in [0.29, 0.717) is 17.9 Å². The molecule has 1 amide bonds. The van der Waals surface area contributed by atoms with Crippen molar-refractivity contribution in [3.8, 4) is 0 Å². The smallest absolute Gasteiger partial charge is 0.293 e. The Morgan fingerprint density at radius 3 is 3.12 bits per heavy atom. The number of amides is 1. The molecule has 8 nitrogen and oxygen atoms in total. The Labute approximate surface area is 149 Å². The van der Waals surface area contributed by atoms with Crippen LogP contribution in [0.25, 0.3) is 11.0 Å². The van der Waals surface area contributed by atoms with Crippen LogP contribution in [0.4, 0.5) is 5.82 Å². The molecular formula is C18H20N6O2. The van der Waals surface area contributed by atoms with E-state index in [1.54, 1.807) is 37.9 Å². The molecule has 2 N–H and O–H groups in total. The molecule has 1 saturated heterocycles. The van der Waals surface area contributed by atoms with Gasteiger partial charge in [0.25, 0.3) is 11.5 Å². The first-order valence-corrected chi connectivity index (χ1v) is 8.62. The Morgan fingerprint density at radius 1 is 1.35 bits per heavy atom. The summed E-state index contributed by atoms with van der Waals surface area (Å²) >= 11 is 0. The first kappa shape index (κ1) is 16.3. The molecule has 1 aliphatic rings. The molecule has 0 aliphatic carbocycles. The van der Waals surface area contributed by atoms with E-state index >= 15 is 0 Å². The van der Waals surface area contributed by atoms with Gasteiger partial charge < -0.3 is 19.8 Å². The maximum absolute atomic E-state index is 12.6. The van der Waals surface area contributed by atoms with Gasteiger partial charge in [0.05, 0.1) is 17.4 Å². The van der Waals surface area contributed by atoms with Crippen molar-refractivity contribution in [3.63, 3.8) is 0 Å². The van der Waals surface area contributed by atoms with Crippen LogP contribution < -0.4 is 15.8 Å². The number of carbonyl (C=O) groups excluding carboxylic acids is 1. The highest BCUT2D eigenvalue weighted by atomic mass is 16.2. The Morgan fingerprint density at radius 2 is 2.23 bits per heavy atom. The first-order chi connectivity index (χ1) is 12.6. The summed E-state index contributed by atoms with van der Waals surface area (Å²) in [6.07, 6.45) is 6.64. The second kappa shape index (κ2) is 6.62. The number of hydrogen-bond acceptors (Lipinski definition) is 5. The standard InChI is InChI=1S/C18H20N6O2/c1-23-8-6-19-16(18(23)26)24-7-2-3-13(10-24)22-17(25)12-4-5-14-15(9-12)21-11-20-14/h4-6,8-9,11,13H,2-3,7,10H2,1H3,(H,20,21)(H,22,25)/t13-/m1/s1. The summed E-state index contributed by atoms with van der Waals surface area (Å²) in [5.41, 5.74) is 2.13. The molecular weight excluding hydrogens is 332 g/mol. The van der Waals surface area contributed by atoms with Gasteiger partial charge in [0, 0.05) is 44.1 Å². The van der Waals surface area contributed by atoms with Gasteiger partial charge >= 0.3 is 0 Å². The third kappa shape index (κ3) is 3.05. The average molecular weight is 352 g/mol. The monoisotopic (exact) mass is 352 g/mol. The number of piperidine rings is 1. The number of hydrogen-bond donors (Lipinski definition) is 2. The summed E-state index contributed by atoms with van der Waals surface area (Å²) in [6, 6.07) is 5.37. The van der Waals surface area contributed by atoms with Crippen molar-refractivity contribution in [1.82, 2.24) is 24.8 Å². The average Bonchev–Trinajstić information content (AvgIpc) is 3.12. The summed E-state index contributed by atoms with van der Waals surface area (Å²) < 4.78 is 1.52. The van der Waals surface area contributed by atoms with Crippen molar-refractivity contribution in [2.75, 3.05) is 18.0 Å².